The number of aliphatic carboxylic acids is 1. The summed E-state index contributed by atoms with van der Waals surface area (Å²) in [6.07, 6.45) is 5.40. The van der Waals surface area contributed by atoms with Gasteiger partial charge in [-0.15, -0.1) is 0 Å². The molecule has 0 radical (unpaired) electrons. The van der Waals surface area contributed by atoms with Crippen LogP contribution in [-0.2, 0) is 19.2 Å². The Kier molecular flexibility index (Phi) is 12.4. The predicted molar refractivity (Wildman–Crippen MR) is 201 cm³/mol. The number of nitrogens with one attached hydrogen (secondary N) is 4. The molecular weight excluding hydrogens is 686 g/mol. The zero-order valence-electron chi connectivity index (χ0n) is 30.5. The van der Waals surface area contributed by atoms with Crippen molar-refractivity contribution in [1.29, 1.82) is 0 Å². The van der Waals surface area contributed by atoms with Gasteiger partial charge in [0.25, 0.3) is 11.8 Å². The molecule has 5 N–H and O–H groups in total. The Morgan fingerprint density at radius 3 is 1.72 bits per heavy atom. The molecule has 3 fully saturated rings. The minimum atomic E-state index is -1.28. The third-order valence-electron chi connectivity index (χ3n) is 10.7. The van der Waals surface area contributed by atoms with Gasteiger partial charge < -0.3 is 31.3 Å². The number of carbonyl (C=O) groups excluding carboxylic acids is 5. The molecule has 12 heteroatoms. The van der Waals surface area contributed by atoms with Crippen LogP contribution >= 0.6 is 0 Å². The first-order chi connectivity index (χ1) is 26.1. The lowest BCUT2D eigenvalue weighted by molar-refractivity contribution is -0.141. The Hall–Kier alpha value is -5.52. The maximum absolute atomic E-state index is 13.8. The standard InChI is InChI=1S/C42H49N5O7/c1-2-3-4-11-16-37(48)44-36(42(53)54)23-43-38(49)28-17-19-29(20-18-28)41(52)47-24-32(39(50)45-34-21-30(34)26-12-7-5-8-13-26)33(25-47)40(51)46-35-22-31(35)27-14-9-6-10-15-27/h5-10,12-15,17-20,30-36H,2-4,11,16,21-25H2,1H3,(H,43,49)(H,44,48)(H,45,50)(H,46,51)(H,53,54)/t30-,31-,32-,33-,34+,35+,36+/m1/s1. The fraction of sp³-hybridized carbons (Fsp3) is 0.429. The summed E-state index contributed by atoms with van der Waals surface area (Å²) >= 11 is 0. The first kappa shape index (κ1) is 38.2. The quantitative estimate of drug-likeness (QED) is 0.130. The summed E-state index contributed by atoms with van der Waals surface area (Å²) in [5.74, 6) is -4.11. The Bertz CT molecular complexity index is 1740. The Morgan fingerprint density at radius 2 is 1.22 bits per heavy atom. The highest BCUT2D eigenvalue weighted by Crippen LogP contribution is 2.42. The van der Waals surface area contributed by atoms with Gasteiger partial charge in [0.05, 0.1) is 11.8 Å². The van der Waals surface area contributed by atoms with Crippen LogP contribution in [0.15, 0.2) is 84.9 Å². The fourth-order valence-corrected chi connectivity index (χ4v) is 7.35. The van der Waals surface area contributed by atoms with Gasteiger partial charge in [0.2, 0.25) is 17.7 Å². The average molecular weight is 736 g/mol. The number of rotatable bonds is 17. The van der Waals surface area contributed by atoms with Gasteiger partial charge in [0, 0.05) is 61.1 Å². The van der Waals surface area contributed by atoms with E-state index in [0.29, 0.717) is 6.42 Å². The van der Waals surface area contributed by atoms with Crippen LogP contribution in [0.5, 0.6) is 0 Å². The van der Waals surface area contributed by atoms with Crippen LogP contribution in [0.25, 0.3) is 0 Å². The molecular formula is C42H49N5O7. The summed E-state index contributed by atoms with van der Waals surface area (Å²) in [6.45, 7) is 1.89. The molecule has 12 nitrogen and oxygen atoms in total. The van der Waals surface area contributed by atoms with Crippen molar-refractivity contribution in [3.05, 3.63) is 107 Å². The van der Waals surface area contributed by atoms with Crippen molar-refractivity contribution in [2.45, 2.75) is 81.8 Å². The highest BCUT2D eigenvalue weighted by molar-refractivity contribution is 5.99. The van der Waals surface area contributed by atoms with E-state index in [4.69, 9.17) is 0 Å². The number of hydrogen-bond acceptors (Lipinski definition) is 6. The van der Waals surface area contributed by atoms with Crippen LogP contribution in [0.2, 0.25) is 0 Å². The van der Waals surface area contributed by atoms with Crippen molar-refractivity contribution < 1.29 is 33.9 Å². The van der Waals surface area contributed by atoms with E-state index in [1.165, 1.54) is 29.2 Å². The fourth-order valence-electron chi connectivity index (χ4n) is 7.35. The summed E-state index contributed by atoms with van der Waals surface area (Å²) in [7, 11) is 0. The smallest absolute Gasteiger partial charge is 0.328 e. The molecule has 2 aliphatic carbocycles. The Labute approximate surface area is 315 Å². The van der Waals surface area contributed by atoms with E-state index in [1.807, 2.05) is 60.7 Å². The molecule has 5 amide bonds. The van der Waals surface area contributed by atoms with Crippen LogP contribution in [0, 0.1) is 11.8 Å². The van der Waals surface area contributed by atoms with Crippen LogP contribution in [0.4, 0.5) is 0 Å². The molecule has 54 heavy (non-hydrogen) atoms. The van der Waals surface area contributed by atoms with Gasteiger partial charge in [-0.05, 0) is 54.7 Å². The lowest BCUT2D eigenvalue weighted by atomic mass is 9.94. The van der Waals surface area contributed by atoms with Gasteiger partial charge in [-0.25, -0.2) is 4.79 Å². The van der Waals surface area contributed by atoms with E-state index in [9.17, 15) is 33.9 Å². The van der Waals surface area contributed by atoms with Crippen molar-refractivity contribution in [3.8, 4) is 0 Å². The lowest BCUT2D eigenvalue weighted by Crippen LogP contribution is -2.48. The van der Waals surface area contributed by atoms with Crippen LogP contribution in [0.1, 0.15) is 95.5 Å². The van der Waals surface area contributed by atoms with Crippen molar-refractivity contribution in [2.75, 3.05) is 19.6 Å². The van der Waals surface area contributed by atoms with E-state index in [-0.39, 0.29) is 84.7 Å². The van der Waals surface area contributed by atoms with E-state index in [0.717, 1.165) is 43.2 Å². The number of likely N-dealkylation sites (tertiary alicyclic amines) is 1. The monoisotopic (exact) mass is 735 g/mol. The number of unbranched alkanes of at least 4 members (excludes halogenated alkanes) is 3. The SMILES string of the molecule is CCCCCCC(=O)N[C@@H](CNC(=O)c1ccc(C(=O)N2C[C@@H](C(=O)N[C@H]3C[C@@H]3c3ccccc3)[C@H](C(=O)N[C@H]3C[C@@H]3c3ccccc3)C2)cc1)C(=O)O. The second-order valence-corrected chi connectivity index (χ2v) is 14.7. The van der Waals surface area contributed by atoms with Crippen molar-refractivity contribution >= 4 is 35.5 Å². The number of hydrogen-bond donors (Lipinski definition) is 5. The van der Waals surface area contributed by atoms with Gasteiger partial charge in [-0.2, -0.15) is 0 Å². The first-order valence-electron chi connectivity index (χ1n) is 19.0. The van der Waals surface area contributed by atoms with E-state index in [2.05, 4.69) is 28.2 Å². The highest BCUT2D eigenvalue weighted by Gasteiger charge is 2.49. The zero-order chi connectivity index (χ0) is 38.2. The normalized spacial score (nSPS) is 23.1. The zero-order valence-corrected chi connectivity index (χ0v) is 30.5. The average Bonchev–Trinajstić information content (AvgIpc) is 4.09. The molecule has 0 aromatic heterocycles. The van der Waals surface area contributed by atoms with E-state index >= 15 is 0 Å². The molecule has 6 rings (SSSR count). The predicted octanol–water partition coefficient (Wildman–Crippen LogP) is 3.99. The molecule has 3 aromatic rings. The number of amides is 5. The molecule has 2 saturated carbocycles. The molecule has 7 atom stereocenters. The van der Waals surface area contributed by atoms with Gasteiger partial charge in [-0.3, -0.25) is 24.0 Å². The Morgan fingerprint density at radius 1 is 0.704 bits per heavy atom. The molecule has 3 aromatic carbocycles. The van der Waals surface area contributed by atoms with E-state index in [1.54, 1.807) is 0 Å². The maximum Gasteiger partial charge on any atom is 0.328 e. The molecule has 1 aliphatic heterocycles. The van der Waals surface area contributed by atoms with Gasteiger partial charge in [0.15, 0.2) is 0 Å². The summed E-state index contributed by atoms with van der Waals surface area (Å²) in [6, 6.07) is 24.5. The van der Waals surface area contributed by atoms with Crippen LogP contribution in [0.3, 0.4) is 0 Å². The van der Waals surface area contributed by atoms with Crippen molar-refractivity contribution in [2.24, 2.45) is 11.8 Å². The minimum Gasteiger partial charge on any atom is -0.480 e. The summed E-state index contributed by atoms with van der Waals surface area (Å²) in [4.78, 5) is 79.6. The molecule has 1 saturated heterocycles. The molecule has 3 aliphatic rings. The second kappa shape index (κ2) is 17.5. The van der Waals surface area contributed by atoms with Crippen LogP contribution < -0.4 is 21.3 Å². The number of benzene rings is 3. The molecule has 0 bridgehead atoms. The molecule has 1 heterocycles. The maximum atomic E-state index is 13.8. The largest absolute Gasteiger partial charge is 0.480 e. The Balaban J connectivity index is 1.06. The van der Waals surface area contributed by atoms with Gasteiger partial charge in [0.1, 0.15) is 6.04 Å². The van der Waals surface area contributed by atoms with E-state index < -0.39 is 29.8 Å². The number of carboxylic acids is 1. The van der Waals surface area contributed by atoms with Crippen LogP contribution in [-0.4, -0.2) is 83.3 Å². The summed E-state index contributed by atoms with van der Waals surface area (Å²) in [5.41, 5.74) is 2.79. The number of carboxylic acid groups (broad SMARTS) is 1. The third kappa shape index (κ3) is 9.71. The summed E-state index contributed by atoms with van der Waals surface area (Å²) < 4.78 is 0. The highest BCUT2D eigenvalue weighted by atomic mass is 16.4. The second-order valence-electron chi connectivity index (χ2n) is 14.7. The lowest BCUT2D eigenvalue weighted by Gasteiger charge is -2.18. The molecule has 284 valence electrons. The number of nitrogens with zero attached hydrogens (tertiary/aromatic N) is 1. The molecule has 0 spiro atoms. The van der Waals surface area contributed by atoms with Crippen molar-refractivity contribution in [1.82, 2.24) is 26.2 Å². The van der Waals surface area contributed by atoms with Crippen molar-refractivity contribution in [3.63, 3.8) is 0 Å². The van der Waals surface area contributed by atoms with Gasteiger partial charge in [-0.1, -0.05) is 86.8 Å². The third-order valence-corrected chi connectivity index (χ3v) is 10.7. The first-order valence-corrected chi connectivity index (χ1v) is 19.0. The van der Waals surface area contributed by atoms with Gasteiger partial charge >= 0.3 is 5.97 Å². The minimum absolute atomic E-state index is 0.0319. The molecule has 0 unspecified atom stereocenters. The topological polar surface area (TPSA) is 174 Å². The summed E-state index contributed by atoms with van der Waals surface area (Å²) in [5, 5.41) is 20.9. The number of carbonyl (C=O) groups is 6.